The third-order valence-electron chi connectivity index (χ3n) is 2.11. The molecule has 0 spiro atoms. The lowest BCUT2D eigenvalue weighted by Crippen LogP contribution is -2.42. The number of aromatic amines is 1. The van der Waals surface area contributed by atoms with Gasteiger partial charge in [0.15, 0.2) is 0 Å². The number of nitrogens with one attached hydrogen (secondary N) is 2. The average Bonchev–Trinajstić information content (AvgIpc) is 2.32. The van der Waals surface area contributed by atoms with Crippen LogP contribution in [0.15, 0.2) is 33.3 Å². The van der Waals surface area contributed by atoms with Gasteiger partial charge in [-0.25, -0.2) is 15.2 Å². The lowest BCUT2D eigenvalue weighted by molar-refractivity contribution is 0.204. The van der Waals surface area contributed by atoms with Gasteiger partial charge in [0.25, 0.3) is 0 Å². The zero-order valence-corrected chi connectivity index (χ0v) is 9.17. The highest BCUT2D eigenvalue weighted by atomic mass is 16.2. The Balaban J connectivity index is 2.10. The molecule has 0 bridgehead atoms. The first-order valence-electron chi connectivity index (χ1n) is 4.98. The highest BCUT2D eigenvalue weighted by Gasteiger charge is 2.16. The largest absolute Gasteiger partial charge is 0.358 e. The maximum absolute atomic E-state index is 11.4. The minimum atomic E-state index is -0.378. The molecular weight excluding hydrogens is 222 g/mol. The summed E-state index contributed by atoms with van der Waals surface area (Å²) in [6, 6.07) is 2.63. The SMILES string of the molecule is CC1=NNC(=O)N(/N=C\c2ccc(=O)[nH]c2)C1. The van der Waals surface area contributed by atoms with E-state index in [9.17, 15) is 9.59 Å². The Kier molecular flexibility index (Phi) is 2.99. The molecular formula is C10H11N5O2. The van der Waals surface area contributed by atoms with Crippen LogP contribution in [0.1, 0.15) is 12.5 Å². The van der Waals surface area contributed by atoms with E-state index in [1.54, 1.807) is 13.0 Å². The van der Waals surface area contributed by atoms with Gasteiger partial charge in [0.05, 0.1) is 18.5 Å². The standard InChI is InChI=1S/C10H11N5O2/c1-7-6-15(10(17)14-13-7)12-5-8-2-3-9(16)11-4-8/h2-5H,6H2,1H3,(H,11,16)(H,14,17)/b12-5-. The minimum Gasteiger partial charge on any atom is -0.328 e. The molecule has 7 heteroatoms. The fourth-order valence-electron chi connectivity index (χ4n) is 1.26. The quantitative estimate of drug-likeness (QED) is 0.710. The molecule has 17 heavy (non-hydrogen) atoms. The van der Waals surface area contributed by atoms with Crippen LogP contribution in [0.2, 0.25) is 0 Å². The first-order chi connectivity index (χ1) is 8.15. The van der Waals surface area contributed by atoms with Crippen molar-refractivity contribution in [2.75, 3.05) is 6.54 Å². The fourth-order valence-corrected chi connectivity index (χ4v) is 1.26. The molecule has 88 valence electrons. The second-order valence-corrected chi connectivity index (χ2v) is 3.55. The van der Waals surface area contributed by atoms with E-state index in [0.29, 0.717) is 12.1 Å². The van der Waals surface area contributed by atoms with Crippen LogP contribution >= 0.6 is 0 Å². The highest BCUT2D eigenvalue weighted by Crippen LogP contribution is 1.98. The molecule has 1 aliphatic rings. The number of pyridine rings is 1. The molecule has 2 heterocycles. The summed E-state index contributed by atoms with van der Waals surface area (Å²) in [4.78, 5) is 24.7. The number of hydrogen-bond donors (Lipinski definition) is 2. The Morgan fingerprint density at radius 1 is 1.47 bits per heavy atom. The number of carbonyl (C=O) groups is 1. The van der Waals surface area contributed by atoms with Gasteiger partial charge in [-0.1, -0.05) is 0 Å². The summed E-state index contributed by atoms with van der Waals surface area (Å²) < 4.78 is 0. The Hall–Kier alpha value is -2.44. The topological polar surface area (TPSA) is 89.9 Å². The van der Waals surface area contributed by atoms with Crippen LogP contribution in [0.3, 0.4) is 0 Å². The van der Waals surface area contributed by atoms with E-state index in [1.165, 1.54) is 23.5 Å². The van der Waals surface area contributed by atoms with Crippen LogP contribution in [0, 0.1) is 0 Å². The number of amides is 2. The Labute approximate surface area is 96.8 Å². The maximum Gasteiger partial charge on any atom is 0.358 e. The van der Waals surface area contributed by atoms with Gasteiger partial charge in [-0.2, -0.15) is 10.2 Å². The van der Waals surface area contributed by atoms with Gasteiger partial charge in [-0.05, 0) is 13.0 Å². The van der Waals surface area contributed by atoms with Gasteiger partial charge >= 0.3 is 6.03 Å². The third-order valence-corrected chi connectivity index (χ3v) is 2.11. The van der Waals surface area contributed by atoms with E-state index >= 15 is 0 Å². The second-order valence-electron chi connectivity index (χ2n) is 3.55. The van der Waals surface area contributed by atoms with E-state index < -0.39 is 0 Å². The number of urea groups is 1. The smallest absolute Gasteiger partial charge is 0.328 e. The van der Waals surface area contributed by atoms with Crippen LogP contribution in [-0.2, 0) is 0 Å². The number of nitrogens with zero attached hydrogens (tertiary/aromatic N) is 3. The summed E-state index contributed by atoms with van der Waals surface area (Å²) in [5.41, 5.74) is 3.62. The number of H-pyrrole nitrogens is 1. The van der Waals surface area contributed by atoms with E-state index in [1.807, 2.05) is 0 Å². The van der Waals surface area contributed by atoms with Crippen molar-refractivity contribution in [3.8, 4) is 0 Å². The summed E-state index contributed by atoms with van der Waals surface area (Å²) in [6.07, 6.45) is 3.02. The molecule has 7 nitrogen and oxygen atoms in total. The zero-order valence-electron chi connectivity index (χ0n) is 9.17. The van der Waals surface area contributed by atoms with Crippen LogP contribution in [0.25, 0.3) is 0 Å². The average molecular weight is 233 g/mol. The Bertz CT molecular complexity index is 525. The molecule has 0 atom stereocenters. The Morgan fingerprint density at radius 3 is 3.00 bits per heavy atom. The lowest BCUT2D eigenvalue weighted by Gasteiger charge is -2.20. The number of rotatable bonds is 2. The molecule has 0 saturated carbocycles. The van der Waals surface area contributed by atoms with Crippen molar-refractivity contribution >= 4 is 18.0 Å². The van der Waals surface area contributed by atoms with Crippen LogP contribution < -0.4 is 11.0 Å². The van der Waals surface area contributed by atoms with Gasteiger partial charge in [0, 0.05) is 17.8 Å². The molecule has 1 aromatic heterocycles. The molecule has 2 amide bonds. The van der Waals surface area contributed by atoms with E-state index in [0.717, 1.165) is 5.71 Å². The van der Waals surface area contributed by atoms with E-state index in [4.69, 9.17) is 0 Å². The molecule has 0 aliphatic carbocycles. The predicted molar refractivity (Wildman–Crippen MR) is 63.0 cm³/mol. The Morgan fingerprint density at radius 2 is 2.29 bits per heavy atom. The molecule has 0 radical (unpaired) electrons. The van der Waals surface area contributed by atoms with E-state index in [2.05, 4.69) is 20.6 Å². The number of aromatic nitrogens is 1. The fraction of sp³-hybridized carbons (Fsp3) is 0.200. The van der Waals surface area contributed by atoms with Crippen LogP contribution in [0.5, 0.6) is 0 Å². The van der Waals surface area contributed by atoms with Crippen molar-refractivity contribution in [2.24, 2.45) is 10.2 Å². The molecule has 0 saturated heterocycles. The van der Waals surface area contributed by atoms with Crippen molar-refractivity contribution in [3.63, 3.8) is 0 Å². The van der Waals surface area contributed by atoms with Crippen molar-refractivity contribution < 1.29 is 4.79 Å². The van der Waals surface area contributed by atoms with Gasteiger partial charge in [-0.3, -0.25) is 4.79 Å². The summed E-state index contributed by atoms with van der Waals surface area (Å²) in [7, 11) is 0. The van der Waals surface area contributed by atoms with Crippen molar-refractivity contribution in [3.05, 3.63) is 34.2 Å². The summed E-state index contributed by atoms with van der Waals surface area (Å²) in [5.74, 6) is 0. The summed E-state index contributed by atoms with van der Waals surface area (Å²) >= 11 is 0. The molecule has 2 N–H and O–H groups in total. The van der Waals surface area contributed by atoms with Gasteiger partial charge in [0.1, 0.15) is 0 Å². The molecule has 1 aromatic rings. The predicted octanol–water partition coefficient (Wildman–Crippen LogP) is 0.110. The van der Waals surface area contributed by atoms with Crippen molar-refractivity contribution in [1.82, 2.24) is 15.4 Å². The number of hydrazone groups is 2. The molecule has 1 aliphatic heterocycles. The summed E-state index contributed by atoms with van der Waals surface area (Å²) in [6.45, 7) is 2.15. The number of carbonyl (C=O) groups excluding carboxylic acids is 1. The molecule has 0 fully saturated rings. The molecule has 0 aromatic carbocycles. The van der Waals surface area contributed by atoms with Crippen molar-refractivity contribution in [2.45, 2.75) is 6.92 Å². The molecule has 0 unspecified atom stereocenters. The van der Waals surface area contributed by atoms with E-state index in [-0.39, 0.29) is 11.6 Å². The minimum absolute atomic E-state index is 0.180. The van der Waals surface area contributed by atoms with Gasteiger partial charge < -0.3 is 4.98 Å². The first-order valence-corrected chi connectivity index (χ1v) is 4.98. The lowest BCUT2D eigenvalue weighted by atomic mass is 10.3. The summed E-state index contributed by atoms with van der Waals surface area (Å²) in [5, 5.41) is 9.05. The van der Waals surface area contributed by atoms with Gasteiger partial charge in [-0.15, -0.1) is 0 Å². The third kappa shape index (κ3) is 2.77. The monoisotopic (exact) mass is 233 g/mol. The zero-order chi connectivity index (χ0) is 12.3. The maximum atomic E-state index is 11.4. The van der Waals surface area contributed by atoms with Crippen LogP contribution in [0.4, 0.5) is 4.79 Å². The molecule has 2 rings (SSSR count). The highest BCUT2D eigenvalue weighted by molar-refractivity contribution is 5.92. The number of hydrogen-bond acceptors (Lipinski definition) is 4. The second kappa shape index (κ2) is 4.60. The normalized spacial score (nSPS) is 15.9. The van der Waals surface area contributed by atoms with Gasteiger partial charge in [0.2, 0.25) is 5.56 Å². The first kappa shape index (κ1) is 11.1. The van der Waals surface area contributed by atoms with Crippen LogP contribution in [-0.4, -0.2) is 34.5 Å². The van der Waals surface area contributed by atoms with Crippen molar-refractivity contribution in [1.29, 1.82) is 0 Å².